The Balaban J connectivity index is 2.38. The van der Waals surface area contributed by atoms with E-state index in [4.69, 9.17) is 11.6 Å². The molecular weight excluding hydrogens is 248 g/mol. The van der Waals surface area contributed by atoms with Crippen LogP contribution in [0.3, 0.4) is 0 Å². The lowest BCUT2D eigenvalue weighted by Gasteiger charge is -2.03. The highest BCUT2D eigenvalue weighted by atomic mass is 35.5. The maximum atomic E-state index is 13.4. The summed E-state index contributed by atoms with van der Waals surface area (Å²) in [6.07, 6.45) is 0.0239. The molecule has 1 heterocycles. The average Bonchev–Trinajstić information content (AvgIpc) is 2.27. The number of halogens is 3. The Morgan fingerprint density at radius 1 is 1.12 bits per heavy atom. The zero-order valence-corrected chi connectivity index (χ0v) is 9.39. The van der Waals surface area contributed by atoms with Crippen LogP contribution in [0.1, 0.15) is 11.1 Å². The summed E-state index contributed by atoms with van der Waals surface area (Å²) in [5.41, 5.74) is 0.0675. The van der Waals surface area contributed by atoms with Crippen LogP contribution in [0.4, 0.5) is 8.78 Å². The number of rotatable bonds is 2. The summed E-state index contributed by atoms with van der Waals surface area (Å²) in [6.45, 7) is 0. The first-order valence-corrected chi connectivity index (χ1v) is 5.25. The molecule has 0 aliphatic rings. The van der Waals surface area contributed by atoms with Crippen LogP contribution in [0.5, 0.6) is 0 Å². The molecule has 0 radical (unpaired) electrons. The van der Waals surface area contributed by atoms with Gasteiger partial charge < -0.3 is 4.98 Å². The molecule has 0 atom stereocenters. The maximum absolute atomic E-state index is 13.4. The van der Waals surface area contributed by atoms with Gasteiger partial charge in [-0.15, -0.1) is 0 Å². The van der Waals surface area contributed by atoms with Crippen molar-refractivity contribution in [3.8, 4) is 0 Å². The number of pyridine rings is 1. The summed E-state index contributed by atoms with van der Waals surface area (Å²) in [7, 11) is 0. The molecule has 0 amide bonds. The molecule has 0 fully saturated rings. The van der Waals surface area contributed by atoms with Gasteiger partial charge in [-0.25, -0.2) is 8.78 Å². The second kappa shape index (κ2) is 4.67. The Morgan fingerprint density at radius 2 is 1.88 bits per heavy atom. The van der Waals surface area contributed by atoms with E-state index in [9.17, 15) is 13.6 Å². The average molecular weight is 256 g/mol. The molecule has 0 aliphatic carbocycles. The van der Waals surface area contributed by atoms with Crippen molar-refractivity contribution in [3.05, 3.63) is 68.6 Å². The van der Waals surface area contributed by atoms with E-state index in [1.54, 1.807) is 0 Å². The minimum absolute atomic E-state index is 0.0239. The van der Waals surface area contributed by atoms with Crippen LogP contribution >= 0.6 is 11.6 Å². The first-order valence-electron chi connectivity index (χ1n) is 4.88. The zero-order valence-electron chi connectivity index (χ0n) is 8.64. The fourth-order valence-corrected chi connectivity index (χ4v) is 1.65. The van der Waals surface area contributed by atoms with Crippen LogP contribution in [0.2, 0.25) is 5.15 Å². The first-order chi connectivity index (χ1) is 8.06. The van der Waals surface area contributed by atoms with Crippen molar-refractivity contribution in [1.82, 2.24) is 4.98 Å². The SMILES string of the molecule is O=c1[nH]c(Cl)ccc1Cc1cc(F)ccc1F. The minimum atomic E-state index is -0.541. The molecule has 88 valence electrons. The number of benzene rings is 1. The van der Waals surface area contributed by atoms with Crippen molar-refractivity contribution in [2.24, 2.45) is 0 Å². The van der Waals surface area contributed by atoms with Gasteiger partial charge in [0.15, 0.2) is 0 Å². The second-order valence-electron chi connectivity index (χ2n) is 3.57. The number of aromatic nitrogens is 1. The molecule has 0 unspecified atom stereocenters. The third-order valence-corrected chi connectivity index (χ3v) is 2.56. The maximum Gasteiger partial charge on any atom is 0.252 e. The number of H-pyrrole nitrogens is 1. The summed E-state index contributed by atoms with van der Waals surface area (Å²) in [4.78, 5) is 13.9. The Kier molecular flexibility index (Phi) is 3.24. The van der Waals surface area contributed by atoms with Gasteiger partial charge in [0.1, 0.15) is 16.8 Å². The van der Waals surface area contributed by atoms with E-state index in [-0.39, 0.29) is 17.1 Å². The van der Waals surface area contributed by atoms with E-state index in [0.29, 0.717) is 5.56 Å². The molecule has 2 nitrogen and oxygen atoms in total. The third kappa shape index (κ3) is 2.71. The quantitative estimate of drug-likeness (QED) is 0.823. The molecule has 1 N–H and O–H groups in total. The Bertz CT molecular complexity index is 610. The van der Waals surface area contributed by atoms with Crippen LogP contribution in [-0.2, 0) is 6.42 Å². The Labute approximate surface area is 101 Å². The predicted molar refractivity (Wildman–Crippen MR) is 61.2 cm³/mol. The standard InChI is InChI=1S/C12H8ClF2NO/c13-11-4-1-7(12(17)16-11)5-8-6-9(14)2-3-10(8)15/h1-4,6H,5H2,(H,16,17). The Hall–Kier alpha value is -1.68. The van der Waals surface area contributed by atoms with Gasteiger partial charge in [0.2, 0.25) is 0 Å². The number of aromatic amines is 1. The summed E-state index contributed by atoms with van der Waals surface area (Å²) >= 11 is 5.59. The molecule has 5 heteroatoms. The summed E-state index contributed by atoms with van der Waals surface area (Å²) in [5.74, 6) is -1.08. The molecular formula is C12H8ClF2NO. The molecule has 0 saturated heterocycles. The fraction of sp³-hybridized carbons (Fsp3) is 0.0833. The van der Waals surface area contributed by atoms with Crippen molar-refractivity contribution < 1.29 is 8.78 Å². The van der Waals surface area contributed by atoms with Gasteiger partial charge in [-0.1, -0.05) is 17.7 Å². The van der Waals surface area contributed by atoms with Crippen LogP contribution in [0, 0.1) is 11.6 Å². The van der Waals surface area contributed by atoms with Crippen molar-refractivity contribution in [2.45, 2.75) is 6.42 Å². The smallest absolute Gasteiger partial charge is 0.252 e. The van der Waals surface area contributed by atoms with Crippen molar-refractivity contribution in [2.75, 3.05) is 0 Å². The van der Waals surface area contributed by atoms with Gasteiger partial charge in [-0.2, -0.15) is 0 Å². The van der Waals surface area contributed by atoms with Crippen LogP contribution in [-0.4, -0.2) is 4.98 Å². The van der Waals surface area contributed by atoms with Gasteiger partial charge in [0, 0.05) is 12.0 Å². The van der Waals surface area contributed by atoms with Crippen LogP contribution in [0.25, 0.3) is 0 Å². The van der Waals surface area contributed by atoms with E-state index in [0.717, 1.165) is 18.2 Å². The fourth-order valence-electron chi connectivity index (χ4n) is 1.50. The van der Waals surface area contributed by atoms with E-state index >= 15 is 0 Å². The van der Waals surface area contributed by atoms with E-state index in [2.05, 4.69) is 4.98 Å². The molecule has 2 rings (SSSR count). The molecule has 1 aromatic carbocycles. The lowest BCUT2D eigenvalue weighted by atomic mass is 10.1. The highest BCUT2D eigenvalue weighted by molar-refractivity contribution is 6.29. The van der Waals surface area contributed by atoms with Crippen molar-refractivity contribution >= 4 is 11.6 Å². The molecule has 1 aromatic heterocycles. The first kappa shape index (κ1) is 11.8. The molecule has 2 aromatic rings. The predicted octanol–water partition coefficient (Wildman–Crippen LogP) is 2.90. The van der Waals surface area contributed by atoms with E-state index in [1.807, 2.05) is 0 Å². The molecule has 0 bridgehead atoms. The van der Waals surface area contributed by atoms with Crippen LogP contribution < -0.4 is 5.56 Å². The second-order valence-corrected chi connectivity index (χ2v) is 3.98. The lowest BCUT2D eigenvalue weighted by Crippen LogP contribution is -2.12. The third-order valence-electron chi connectivity index (χ3n) is 2.34. The van der Waals surface area contributed by atoms with Crippen molar-refractivity contribution in [1.29, 1.82) is 0 Å². The lowest BCUT2D eigenvalue weighted by molar-refractivity contribution is 0.588. The zero-order chi connectivity index (χ0) is 12.4. The number of hydrogen-bond acceptors (Lipinski definition) is 1. The van der Waals surface area contributed by atoms with Crippen molar-refractivity contribution in [3.63, 3.8) is 0 Å². The molecule has 0 aliphatic heterocycles. The van der Waals surface area contributed by atoms with Gasteiger partial charge in [-0.05, 0) is 29.8 Å². The van der Waals surface area contributed by atoms with E-state index in [1.165, 1.54) is 12.1 Å². The summed E-state index contributed by atoms with van der Waals surface area (Å²) in [5, 5.41) is 0.207. The van der Waals surface area contributed by atoms with E-state index < -0.39 is 17.2 Å². The molecule has 0 saturated carbocycles. The summed E-state index contributed by atoms with van der Waals surface area (Å²) < 4.78 is 26.3. The largest absolute Gasteiger partial charge is 0.313 e. The number of nitrogens with one attached hydrogen (secondary N) is 1. The normalized spacial score (nSPS) is 10.5. The molecule has 17 heavy (non-hydrogen) atoms. The van der Waals surface area contributed by atoms with Gasteiger partial charge in [0.25, 0.3) is 5.56 Å². The minimum Gasteiger partial charge on any atom is -0.313 e. The topological polar surface area (TPSA) is 32.9 Å². The van der Waals surface area contributed by atoms with Gasteiger partial charge in [-0.3, -0.25) is 4.79 Å². The highest BCUT2D eigenvalue weighted by Crippen LogP contribution is 2.13. The Morgan fingerprint density at radius 3 is 2.59 bits per heavy atom. The molecule has 0 spiro atoms. The highest BCUT2D eigenvalue weighted by Gasteiger charge is 2.07. The monoisotopic (exact) mass is 255 g/mol. The summed E-state index contributed by atoms with van der Waals surface area (Å²) in [6, 6.07) is 6.13. The van der Waals surface area contributed by atoms with Crippen LogP contribution in [0.15, 0.2) is 35.1 Å². The van der Waals surface area contributed by atoms with Gasteiger partial charge >= 0.3 is 0 Å². The number of hydrogen-bond donors (Lipinski definition) is 1. The van der Waals surface area contributed by atoms with Gasteiger partial charge in [0.05, 0.1) is 0 Å².